The molecule has 0 aromatic heterocycles. The number of carbonyl (C=O) groups excluding carboxylic acids is 1. The Morgan fingerprint density at radius 2 is 2.36 bits per heavy atom. The first-order valence-electron chi connectivity index (χ1n) is 3.29. The van der Waals surface area contributed by atoms with E-state index in [1.54, 1.807) is 13.2 Å². The van der Waals surface area contributed by atoms with Crippen LogP contribution in [0.5, 0.6) is 0 Å². The maximum atomic E-state index is 10.7. The summed E-state index contributed by atoms with van der Waals surface area (Å²) in [4.78, 5) is 10.7. The first-order chi connectivity index (χ1) is 5.24. The Morgan fingerprint density at radius 1 is 1.73 bits per heavy atom. The van der Waals surface area contributed by atoms with E-state index in [1.807, 2.05) is 0 Å². The van der Waals surface area contributed by atoms with Crippen molar-refractivity contribution in [3.8, 4) is 0 Å². The number of ether oxygens (including phenoxy) is 1. The molecule has 1 atom stereocenters. The van der Waals surface area contributed by atoms with Gasteiger partial charge in [0.1, 0.15) is 0 Å². The van der Waals surface area contributed by atoms with Crippen LogP contribution in [-0.4, -0.2) is 25.7 Å². The molecule has 0 aliphatic rings. The highest BCUT2D eigenvalue weighted by Crippen LogP contribution is 1.85. The highest BCUT2D eigenvalue weighted by molar-refractivity contribution is 5.87. The van der Waals surface area contributed by atoms with Gasteiger partial charge < -0.3 is 10.1 Å². The molecule has 0 saturated carbocycles. The fraction of sp³-hybridized carbons (Fsp3) is 0.375. The van der Waals surface area contributed by atoms with Gasteiger partial charge in [0.2, 0.25) is 5.91 Å². The van der Waals surface area contributed by atoms with Gasteiger partial charge in [-0.3, -0.25) is 4.79 Å². The van der Waals surface area contributed by atoms with Crippen molar-refractivity contribution in [2.24, 2.45) is 0 Å². The van der Waals surface area contributed by atoms with Crippen LogP contribution >= 0.6 is 0 Å². The summed E-state index contributed by atoms with van der Waals surface area (Å²) < 4.78 is 4.82. The number of nitrogens with one attached hydrogen (secondary N) is 1. The van der Waals surface area contributed by atoms with Crippen LogP contribution in [0.1, 0.15) is 0 Å². The third-order valence-electron chi connectivity index (χ3n) is 1.14. The lowest BCUT2D eigenvalue weighted by molar-refractivity contribution is -0.117. The fourth-order valence-electron chi connectivity index (χ4n) is 0.590. The van der Waals surface area contributed by atoms with Gasteiger partial charge in [0.15, 0.2) is 0 Å². The molecule has 0 aliphatic carbocycles. The Bertz CT molecular complexity index is 154. The van der Waals surface area contributed by atoms with E-state index in [0.717, 1.165) is 0 Å². The normalized spacial score (nSPS) is 11.7. The average molecular weight is 155 g/mol. The first kappa shape index (κ1) is 9.91. The summed E-state index contributed by atoms with van der Waals surface area (Å²) in [5, 5.41) is 2.62. The second-order valence-electron chi connectivity index (χ2n) is 2.01. The number of carbonyl (C=O) groups is 1. The zero-order chi connectivity index (χ0) is 8.69. The minimum Gasteiger partial charge on any atom is -0.382 e. The van der Waals surface area contributed by atoms with E-state index in [1.165, 1.54) is 6.08 Å². The summed E-state index contributed by atoms with van der Waals surface area (Å²) in [5.74, 6) is -0.216. The zero-order valence-corrected chi connectivity index (χ0v) is 6.67. The highest BCUT2D eigenvalue weighted by atomic mass is 16.5. The largest absolute Gasteiger partial charge is 0.382 e. The van der Waals surface area contributed by atoms with Gasteiger partial charge in [0.05, 0.1) is 12.6 Å². The molecule has 11 heavy (non-hydrogen) atoms. The van der Waals surface area contributed by atoms with E-state index in [4.69, 9.17) is 4.74 Å². The quantitative estimate of drug-likeness (QED) is 0.463. The zero-order valence-electron chi connectivity index (χ0n) is 6.67. The van der Waals surface area contributed by atoms with Gasteiger partial charge in [0.25, 0.3) is 0 Å². The molecule has 0 fully saturated rings. The lowest BCUT2D eigenvalue weighted by Crippen LogP contribution is -2.35. The fourth-order valence-corrected chi connectivity index (χ4v) is 0.590. The predicted octanol–water partition coefficient (Wildman–Crippen LogP) is 0.490. The van der Waals surface area contributed by atoms with Gasteiger partial charge in [-0.15, -0.1) is 6.58 Å². The molecule has 0 radical (unpaired) electrons. The van der Waals surface area contributed by atoms with Crippen LogP contribution in [0, 0.1) is 0 Å². The van der Waals surface area contributed by atoms with Crippen molar-refractivity contribution in [2.75, 3.05) is 13.7 Å². The molecular weight excluding hydrogens is 142 g/mol. The summed E-state index contributed by atoms with van der Waals surface area (Å²) in [6.07, 6.45) is 2.83. The molecule has 0 heterocycles. The maximum Gasteiger partial charge on any atom is 0.243 e. The Hall–Kier alpha value is -1.09. The molecule has 62 valence electrons. The van der Waals surface area contributed by atoms with Gasteiger partial charge in [-0.1, -0.05) is 12.7 Å². The highest BCUT2D eigenvalue weighted by Gasteiger charge is 2.03. The van der Waals surface area contributed by atoms with Gasteiger partial charge in [-0.25, -0.2) is 0 Å². The third kappa shape index (κ3) is 4.33. The monoisotopic (exact) mass is 155 g/mol. The van der Waals surface area contributed by atoms with Crippen molar-refractivity contribution in [1.29, 1.82) is 0 Å². The molecule has 0 saturated heterocycles. The second-order valence-corrected chi connectivity index (χ2v) is 2.01. The van der Waals surface area contributed by atoms with E-state index in [-0.39, 0.29) is 11.9 Å². The van der Waals surface area contributed by atoms with Crippen LogP contribution in [0.15, 0.2) is 25.3 Å². The van der Waals surface area contributed by atoms with Crippen LogP contribution < -0.4 is 5.32 Å². The van der Waals surface area contributed by atoms with Crippen molar-refractivity contribution >= 4 is 5.91 Å². The molecule has 0 bridgehead atoms. The SMILES string of the molecule is C=CC(=O)N[C@@H](C=C)COC. The van der Waals surface area contributed by atoms with Crippen LogP contribution in [0.3, 0.4) is 0 Å². The maximum absolute atomic E-state index is 10.7. The van der Waals surface area contributed by atoms with E-state index < -0.39 is 0 Å². The van der Waals surface area contributed by atoms with Crippen molar-refractivity contribution < 1.29 is 9.53 Å². The number of amides is 1. The van der Waals surface area contributed by atoms with Gasteiger partial charge in [0, 0.05) is 7.11 Å². The Labute approximate surface area is 66.7 Å². The van der Waals surface area contributed by atoms with Crippen LogP contribution in [0.4, 0.5) is 0 Å². The summed E-state index contributed by atoms with van der Waals surface area (Å²) >= 11 is 0. The molecule has 0 aliphatic heterocycles. The minimum absolute atomic E-state index is 0.134. The second kappa shape index (κ2) is 5.68. The third-order valence-corrected chi connectivity index (χ3v) is 1.14. The summed E-state index contributed by atoms with van der Waals surface area (Å²) in [5.41, 5.74) is 0. The Morgan fingerprint density at radius 3 is 2.73 bits per heavy atom. The van der Waals surface area contributed by atoms with Crippen molar-refractivity contribution in [3.05, 3.63) is 25.3 Å². The molecule has 0 unspecified atom stereocenters. The smallest absolute Gasteiger partial charge is 0.243 e. The van der Waals surface area contributed by atoms with Gasteiger partial charge in [-0.05, 0) is 6.08 Å². The molecule has 0 rings (SSSR count). The molecule has 0 aromatic carbocycles. The summed E-state index contributed by atoms with van der Waals surface area (Å²) in [6, 6.07) is -0.134. The van der Waals surface area contributed by atoms with Crippen LogP contribution in [0.2, 0.25) is 0 Å². The van der Waals surface area contributed by atoms with Crippen molar-refractivity contribution in [2.45, 2.75) is 6.04 Å². The Balaban J connectivity index is 3.76. The number of hydrogen-bond donors (Lipinski definition) is 1. The number of rotatable bonds is 5. The first-order valence-corrected chi connectivity index (χ1v) is 3.29. The molecule has 1 N–H and O–H groups in total. The molecular formula is C8H13NO2. The average Bonchev–Trinajstić information content (AvgIpc) is 2.03. The topological polar surface area (TPSA) is 38.3 Å². The van der Waals surface area contributed by atoms with E-state index in [9.17, 15) is 4.79 Å². The van der Waals surface area contributed by atoms with Crippen molar-refractivity contribution in [1.82, 2.24) is 5.32 Å². The molecule has 3 nitrogen and oxygen atoms in total. The number of hydrogen-bond acceptors (Lipinski definition) is 2. The molecule has 3 heteroatoms. The molecule has 0 spiro atoms. The van der Waals surface area contributed by atoms with Gasteiger partial charge >= 0.3 is 0 Å². The van der Waals surface area contributed by atoms with Crippen molar-refractivity contribution in [3.63, 3.8) is 0 Å². The minimum atomic E-state index is -0.216. The lowest BCUT2D eigenvalue weighted by Gasteiger charge is -2.11. The summed E-state index contributed by atoms with van der Waals surface area (Å²) in [7, 11) is 1.57. The number of methoxy groups -OCH3 is 1. The van der Waals surface area contributed by atoms with E-state index >= 15 is 0 Å². The standard InChI is InChI=1S/C8H13NO2/c1-4-7(6-11-3)9-8(10)5-2/h4-5,7H,1-2,6H2,3H3,(H,9,10)/t7-/m0/s1. The van der Waals surface area contributed by atoms with Crippen LogP contribution in [-0.2, 0) is 9.53 Å². The lowest BCUT2D eigenvalue weighted by atomic mass is 10.3. The van der Waals surface area contributed by atoms with E-state index in [2.05, 4.69) is 18.5 Å². The van der Waals surface area contributed by atoms with Gasteiger partial charge in [-0.2, -0.15) is 0 Å². The van der Waals surface area contributed by atoms with Crippen LogP contribution in [0.25, 0.3) is 0 Å². The Kier molecular flexibility index (Phi) is 5.11. The molecule has 1 amide bonds. The predicted molar refractivity (Wildman–Crippen MR) is 44.2 cm³/mol. The van der Waals surface area contributed by atoms with E-state index in [0.29, 0.717) is 6.61 Å². The molecule has 0 aromatic rings. The summed E-state index contributed by atoms with van der Waals surface area (Å²) in [6.45, 7) is 7.29.